The molecule has 2 aromatic rings. The lowest BCUT2D eigenvalue weighted by atomic mass is 10.1. The summed E-state index contributed by atoms with van der Waals surface area (Å²) < 4.78 is 30.2. The van der Waals surface area contributed by atoms with Gasteiger partial charge in [0.05, 0.1) is 9.75 Å². The van der Waals surface area contributed by atoms with Crippen LogP contribution in [0.5, 0.6) is 0 Å². The minimum absolute atomic E-state index is 0.00572. The first kappa shape index (κ1) is 18.6. The molecule has 4 nitrogen and oxygen atoms in total. The fourth-order valence-corrected chi connectivity index (χ4v) is 3.63. The number of nitrogens with zero attached hydrogens (tertiary/aromatic N) is 2. The van der Waals surface area contributed by atoms with Crippen LogP contribution >= 0.6 is 11.3 Å². The molecule has 0 atom stereocenters. The first-order valence-corrected chi connectivity index (χ1v) is 9.03. The molecule has 0 unspecified atom stereocenters. The number of piperidine rings is 1. The molecular formula is C17H22F2N2O2S. The van der Waals surface area contributed by atoms with E-state index in [-0.39, 0.29) is 5.91 Å². The van der Waals surface area contributed by atoms with E-state index < -0.39 is 12.2 Å². The minimum atomic E-state index is -2.68. The summed E-state index contributed by atoms with van der Waals surface area (Å²) >= 11 is 1.27. The van der Waals surface area contributed by atoms with Gasteiger partial charge in [0.2, 0.25) is 5.76 Å². The van der Waals surface area contributed by atoms with Gasteiger partial charge >= 0.3 is 0 Å². The van der Waals surface area contributed by atoms with Crippen molar-refractivity contribution in [2.75, 3.05) is 13.1 Å². The Hall–Kier alpha value is -1.76. The Balaban J connectivity index is 0.00000100. The van der Waals surface area contributed by atoms with Crippen molar-refractivity contribution >= 4 is 17.2 Å². The van der Waals surface area contributed by atoms with E-state index in [2.05, 4.69) is 5.16 Å². The van der Waals surface area contributed by atoms with E-state index in [1.165, 1.54) is 11.3 Å². The highest BCUT2D eigenvalue weighted by atomic mass is 32.1. The molecule has 1 aliphatic rings. The lowest BCUT2D eigenvalue weighted by Gasteiger charge is -2.26. The molecule has 0 radical (unpaired) electrons. The molecule has 3 rings (SSSR count). The molecule has 2 aromatic heterocycles. The van der Waals surface area contributed by atoms with Crippen LogP contribution in [-0.4, -0.2) is 29.1 Å². The largest absolute Gasteiger partial charge is 0.354 e. The first-order chi connectivity index (χ1) is 11.6. The van der Waals surface area contributed by atoms with Crippen LogP contribution < -0.4 is 0 Å². The predicted molar refractivity (Wildman–Crippen MR) is 90.6 cm³/mol. The highest BCUT2D eigenvalue weighted by Gasteiger charge is 2.24. The van der Waals surface area contributed by atoms with Gasteiger partial charge in [-0.2, -0.15) is 0 Å². The SMILES string of the molecule is CC.Cc1c(-c2ccc(C(=O)N3CCCCC3)s2)noc1C(F)F. The van der Waals surface area contributed by atoms with Crippen molar-refractivity contribution in [1.29, 1.82) is 0 Å². The first-order valence-electron chi connectivity index (χ1n) is 8.21. The highest BCUT2D eigenvalue weighted by molar-refractivity contribution is 7.17. The summed E-state index contributed by atoms with van der Waals surface area (Å²) in [5, 5.41) is 3.72. The number of aromatic nitrogens is 1. The summed E-state index contributed by atoms with van der Waals surface area (Å²) in [6, 6.07) is 3.47. The van der Waals surface area contributed by atoms with Gasteiger partial charge in [0.1, 0.15) is 5.69 Å². The highest BCUT2D eigenvalue weighted by Crippen LogP contribution is 2.34. The average molecular weight is 356 g/mol. The van der Waals surface area contributed by atoms with Crippen molar-refractivity contribution in [3.63, 3.8) is 0 Å². The summed E-state index contributed by atoms with van der Waals surface area (Å²) in [5.74, 6) is -0.404. The predicted octanol–water partition coefficient (Wildman–Crippen LogP) is 5.30. The third kappa shape index (κ3) is 3.83. The van der Waals surface area contributed by atoms with E-state index in [4.69, 9.17) is 4.52 Å². The fourth-order valence-electron chi connectivity index (χ4n) is 2.61. The molecule has 0 aromatic carbocycles. The Morgan fingerprint density at radius 2 is 1.92 bits per heavy atom. The van der Waals surface area contributed by atoms with E-state index in [0.29, 0.717) is 21.0 Å². The van der Waals surface area contributed by atoms with Gasteiger partial charge in [-0.05, 0) is 38.3 Å². The summed E-state index contributed by atoms with van der Waals surface area (Å²) in [7, 11) is 0. The second-order valence-corrected chi connectivity index (χ2v) is 6.42. The minimum Gasteiger partial charge on any atom is -0.354 e. The van der Waals surface area contributed by atoms with Gasteiger partial charge in [0.25, 0.3) is 12.3 Å². The van der Waals surface area contributed by atoms with Gasteiger partial charge in [-0.15, -0.1) is 11.3 Å². The number of carbonyl (C=O) groups excluding carboxylic acids is 1. The lowest BCUT2D eigenvalue weighted by molar-refractivity contribution is 0.0729. The normalized spacial score (nSPS) is 14.5. The summed E-state index contributed by atoms with van der Waals surface area (Å²) in [6.07, 6.45) is 0.540. The van der Waals surface area contributed by atoms with E-state index in [0.717, 1.165) is 32.4 Å². The van der Waals surface area contributed by atoms with E-state index in [9.17, 15) is 13.6 Å². The zero-order chi connectivity index (χ0) is 17.7. The van der Waals surface area contributed by atoms with Gasteiger partial charge in [0, 0.05) is 18.7 Å². The van der Waals surface area contributed by atoms with E-state index in [1.54, 1.807) is 19.1 Å². The molecule has 1 saturated heterocycles. The van der Waals surface area contributed by atoms with Crippen LogP contribution in [0.2, 0.25) is 0 Å². The number of amides is 1. The number of hydrogen-bond donors (Lipinski definition) is 0. The molecule has 0 N–H and O–H groups in total. The average Bonchev–Trinajstić information content (AvgIpc) is 3.23. The molecule has 0 spiro atoms. The maximum Gasteiger partial charge on any atom is 0.298 e. The third-order valence-corrected chi connectivity index (χ3v) is 4.93. The summed E-state index contributed by atoms with van der Waals surface area (Å²) in [4.78, 5) is 15.5. The Morgan fingerprint density at radius 1 is 1.25 bits per heavy atom. The molecule has 7 heteroatoms. The van der Waals surface area contributed by atoms with E-state index in [1.807, 2.05) is 18.7 Å². The van der Waals surface area contributed by atoms with Gasteiger partial charge < -0.3 is 9.42 Å². The standard InChI is InChI=1S/C15H16F2N2O2S.C2H6/c1-9-12(18-21-13(9)14(16)17)10-5-6-11(22-10)15(20)19-7-3-2-4-8-19;1-2/h5-6,14H,2-4,7-8H2,1H3;1-2H3. The Labute approximate surface area is 144 Å². The molecule has 1 amide bonds. The van der Waals surface area contributed by atoms with Crippen LogP contribution in [0.15, 0.2) is 16.7 Å². The van der Waals surface area contributed by atoms with Crippen LogP contribution in [0, 0.1) is 6.92 Å². The van der Waals surface area contributed by atoms with Crippen LogP contribution in [0.4, 0.5) is 8.78 Å². The second-order valence-electron chi connectivity index (χ2n) is 5.34. The number of halogens is 2. The molecule has 0 aliphatic carbocycles. The van der Waals surface area contributed by atoms with Gasteiger partial charge in [-0.1, -0.05) is 19.0 Å². The molecule has 0 bridgehead atoms. The van der Waals surface area contributed by atoms with Crippen molar-refractivity contribution in [3.8, 4) is 10.6 Å². The Morgan fingerprint density at radius 3 is 2.50 bits per heavy atom. The molecular weight excluding hydrogens is 334 g/mol. The second kappa shape index (κ2) is 8.37. The molecule has 3 heterocycles. The van der Waals surface area contributed by atoms with Gasteiger partial charge in [0.15, 0.2) is 0 Å². The lowest BCUT2D eigenvalue weighted by Crippen LogP contribution is -2.35. The molecule has 0 saturated carbocycles. The monoisotopic (exact) mass is 356 g/mol. The number of hydrogen-bond acceptors (Lipinski definition) is 4. The van der Waals surface area contributed by atoms with Crippen molar-refractivity contribution in [2.24, 2.45) is 0 Å². The third-order valence-electron chi connectivity index (χ3n) is 3.85. The molecule has 1 fully saturated rings. The van der Waals surface area contributed by atoms with Crippen LogP contribution in [-0.2, 0) is 0 Å². The maximum absolute atomic E-state index is 12.7. The van der Waals surface area contributed by atoms with Gasteiger partial charge in [-0.25, -0.2) is 8.78 Å². The zero-order valence-corrected chi connectivity index (χ0v) is 15.0. The zero-order valence-electron chi connectivity index (χ0n) is 14.1. The number of thiophene rings is 1. The van der Waals surface area contributed by atoms with Crippen LogP contribution in [0.1, 0.15) is 60.5 Å². The van der Waals surface area contributed by atoms with Crippen molar-refractivity contribution in [3.05, 3.63) is 28.3 Å². The number of carbonyl (C=O) groups is 1. The fraction of sp³-hybridized carbons (Fsp3) is 0.529. The molecule has 24 heavy (non-hydrogen) atoms. The topological polar surface area (TPSA) is 46.3 Å². The van der Waals surface area contributed by atoms with Crippen molar-refractivity contribution in [2.45, 2.75) is 46.5 Å². The van der Waals surface area contributed by atoms with Gasteiger partial charge in [-0.3, -0.25) is 4.79 Å². The number of alkyl halides is 2. The Bertz CT molecular complexity index is 676. The summed E-state index contributed by atoms with van der Waals surface area (Å²) in [5.41, 5.74) is 0.715. The van der Waals surface area contributed by atoms with Crippen molar-refractivity contribution < 1.29 is 18.1 Å². The maximum atomic E-state index is 12.7. The van der Waals surface area contributed by atoms with Crippen LogP contribution in [0.3, 0.4) is 0 Å². The summed E-state index contributed by atoms with van der Waals surface area (Å²) in [6.45, 7) is 7.12. The van der Waals surface area contributed by atoms with Crippen LogP contribution in [0.25, 0.3) is 10.6 Å². The Kier molecular flexibility index (Phi) is 6.48. The number of rotatable bonds is 3. The quantitative estimate of drug-likeness (QED) is 0.749. The molecule has 1 aliphatic heterocycles. The molecule has 132 valence electrons. The van der Waals surface area contributed by atoms with Crippen molar-refractivity contribution in [1.82, 2.24) is 10.1 Å². The number of likely N-dealkylation sites (tertiary alicyclic amines) is 1. The van der Waals surface area contributed by atoms with E-state index >= 15 is 0 Å². The smallest absolute Gasteiger partial charge is 0.298 e.